The number of nitrogens with zero attached hydrogens (tertiary/aromatic N) is 5. The number of tetrazole rings is 1. The number of hydrogen-bond acceptors (Lipinski definition) is 6. The van der Waals surface area contributed by atoms with Crippen molar-refractivity contribution in [3.8, 4) is 0 Å². The van der Waals surface area contributed by atoms with Crippen LogP contribution in [0.15, 0.2) is 70.1 Å². The fourth-order valence-electron chi connectivity index (χ4n) is 5.27. The largest absolute Gasteiger partial charge is 0.467 e. The van der Waals surface area contributed by atoms with Gasteiger partial charge in [0.15, 0.2) is 5.82 Å². The van der Waals surface area contributed by atoms with E-state index in [0.29, 0.717) is 13.1 Å². The minimum absolute atomic E-state index is 0.0601. The number of pyridine rings is 1. The molecular weight excluding hydrogens is 476 g/mol. The lowest BCUT2D eigenvalue weighted by Crippen LogP contribution is -2.34. The van der Waals surface area contributed by atoms with Gasteiger partial charge in [0, 0.05) is 18.7 Å². The summed E-state index contributed by atoms with van der Waals surface area (Å²) in [6.45, 7) is 10.0. The maximum absolute atomic E-state index is 13.3. The van der Waals surface area contributed by atoms with E-state index in [2.05, 4.69) is 82.6 Å². The SMILES string of the molecule is CCC(c1nnnn1Cc1ccco1)N(CCc1cccc(C)c1)Cc1cc2cc(C)cc(C)c2[nH]c1=O. The molecule has 8 nitrogen and oxygen atoms in total. The summed E-state index contributed by atoms with van der Waals surface area (Å²) in [6, 6.07) is 18.5. The molecule has 0 spiro atoms. The summed E-state index contributed by atoms with van der Waals surface area (Å²) < 4.78 is 7.34. The summed E-state index contributed by atoms with van der Waals surface area (Å²) in [7, 11) is 0. The number of benzene rings is 2. The summed E-state index contributed by atoms with van der Waals surface area (Å²) >= 11 is 0. The van der Waals surface area contributed by atoms with Crippen molar-refractivity contribution in [2.24, 2.45) is 0 Å². The zero-order chi connectivity index (χ0) is 26.6. The van der Waals surface area contributed by atoms with Crippen LogP contribution in [0.3, 0.4) is 0 Å². The molecule has 1 atom stereocenters. The molecule has 0 aliphatic rings. The van der Waals surface area contributed by atoms with Gasteiger partial charge in [-0.2, -0.15) is 0 Å². The van der Waals surface area contributed by atoms with E-state index in [9.17, 15) is 4.79 Å². The molecule has 0 bridgehead atoms. The third-order valence-electron chi connectivity index (χ3n) is 7.08. The maximum atomic E-state index is 13.3. The Bertz CT molecular complexity index is 1580. The van der Waals surface area contributed by atoms with Gasteiger partial charge in [0.1, 0.15) is 12.3 Å². The summed E-state index contributed by atoms with van der Waals surface area (Å²) in [5, 5.41) is 13.7. The highest BCUT2D eigenvalue weighted by molar-refractivity contribution is 5.82. The lowest BCUT2D eigenvalue weighted by molar-refractivity contribution is 0.172. The number of furan rings is 1. The molecule has 5 rings (SSSR count). The summed E-state index contributed by atoms with van der Waals surface area (Å²) in [5.41, 5.74) is 6.31. The Labute approximate surface area is 222 Å². The second-order valence-corrected chi connectivity index (χ2v) is 10.1. The van der Waals surface area contributed by atoms with Crippen molar-refractivity contribution < 1.29 is 4.42 Å². The molecule has 1 unspecified atom stereocenters. The molecular formula is C30H34N6O2. The van der Waals surface area contributed by atoms with E-state index in [1.807, 2.05) is 25.1 Å². The first-order valence-corrected chi connectivity index (χ1v) is 13.1. The third-order valence-corrected chi connectivity index (χ3v) is 7.08. The molecule has 2 aromatic carbocycles. The van der Waals surface area contributed by atoms with E-state index in [-0.39, 0.29) is 11.6 Å². The summed E-state index contributed by atoms with van der Waals surface area (Å²) in [5.74, 6) is 1.55. The lowest BCUT2D eigenvalue weighted by atomic mass is 10.0. The summed E-state index contributed by atoms with van der Waals surface area (Å²) in [4.78, 5) is 18.7. The average Bonchev–Trinajstić information content (AvgIpc) is 3.57. The van der Waals surface area contributed by atoms with Crippen LogP contribution in [-0.4, -0.2) is 36.6 Å². The number of H-pyrrole nitrogens is 1. The number of aromatic nitrogens is 5. The molecule has 0 radical (unpaired) electrons. The molecule has 0 saturated carbocycles. The maximum Gasteiger partial charge on any atom is 0.252 e. The van der Waals surface area contributed by atoms with Gasteiger partial charge in [-0.05, 0) is 84.8 Å². The van der Waals surface area contributed by atoms with Crippen LogP contribution in [0.2, 0.25) is 0 Å². The molecule has 3 aromatic heterocycles. The molecule has 0 fully saturated rings. The van der Waals surface area contributed by atoms with Crippen molar-refractivity contribution in [1.82, 2.24) is 30.1 Å². The Balaban J connectivity index is 1.50. The van der Waals surface area contributed by atoms with Gasteiger partial charge in [-0.1, -0.05) is 48.4 Å². The Hall–Kier alpha value is -4.04. The topological polar surface area (TPSA) is 92.8 Å². The van der Waals surface area contributed by atoms with Gasteiger partial charge in [-0.3, -0.25) is 9.69 Å². The van der Waals surface area contributed by atoms with Crippen LogP contribution in [0.4, 0.5) is 0 Å². The predicted molar refractivity (Wildman–Crippen MR) is 148 cm³/mol. The number of hydrogen-bond donors (Lipinski definition) is 1. The van der Waals surface area contributed by atoms with E-state index in [0.717, 1.165) is 53.0 Å². The Kier molecular flexibility index (Phi) is 7.51. The van der Waals surface area contributed by atoms with Crippen LogP contribution in [0.1, 0.15) is 58.8 Å². The fourth-order valence-corrected chi connectivity index (χ4v) is 5.27. The average molecular weight is 511 g/mol. The Morgan fingerprint density at radius 3 is 2.68 bits per heavy atom. The molecule has 1 N–H and O–H groups in total. The molecule has 0 aliphatic carbocycles. The zero-order valence-corrected chi connectivity index (χ0v) is 22.4. The highest BCUT2D eigenvalue weighted by Gasteiger charge is 2.26. The van der Waals surface area contributed by atoms with Gasteiger partial charge < -0.3 is 9.40 Å². The molecule has 0 saturated heterocycles. The van der Waals surface area contributed by atoms with Gasteiger partial charge in [-0.15, -0.1) is 5.10 Å². The zero-order valence-electron chi connectivity index (χ0n) is 22.4. The van der Waals surface area contributed by atoms with Gasteiger partial charge in [0.2, 0.25) is 0 Å². The van der Waals surface area contributed by atoms with Crippen LogP contribution in [0, 0.1) is 20.8 Å². The standard InChI is InChI=1S/C30H34N6O2/c1-5-27(29-32-33-34-36(29)19-26-10-7-13-38-26)35(12-11-23-9-6-8-20(2)15-23)18-25-17-24-16-21(3)14-22(4)28(24)31-30(25)37/h6-10,13-17,27H,5,11-12,18-19H2,1-4H3,(H,31,37). The van der Waals surface area contributed by atoms with Crippen molar-refractivity contribution in [2.75, 3.05) is 6.54 Å². The van der Waals surface area contributed by atoms with Gasteiger partial charge in [0.05, 0.1) is 17.8 Å². The van der Waals surface area contributed by atoms with Crippen molar-refractivity contribution in [2.45, 2.75) is 59.7 Å². The second-order valence-electron chi connectivity index (χ2n) is 10.1. The number of aryl methyl sites for hydroxylation is 3. The van der Waals surface area contributed by atoms with E-state index >= 15 is 0 Å². The number of rotatable bonds is 10. The molecule has 0 aliphatic heterocycles. The van der Waals surface area contributed by atoms with E-state index in [1.165, 1.54) is 16.7 Å². The minimum atomic E-state index is -0.0842. The Morgan fingerprint density at radius 1 is 1.05 bits per heavy atom. The number of nitrogens with one attached hydrogen (secondary N) is 1. The van der Waals surface area contributed by atoms with Gasteiger partial charge in [0.25, 0.3) is 5.56 Å². The van der Waals surface area contributed by atoms with Gasteiger partial charge >= 0.3 is 0 Å². The van der Waals surface area contributed by atoms with E-state index in [4.69, 9.17) is 4.42 Å². The number of aromatic amines is 1. The van der Waals surface area contributed by atoms with E-state index < -0.39 is 0 Å². The van der Waals surface area contributed by atoms with Crippen molar-refractivity contribution >= 4 is 10.9 Å². The second kappa shape index (κ2) is 11.1. The highest BCUT2D eigenvalue weighted by Crippen LogP contribution is 2.26. The first-order valence-electron chi connectivity index (χ1n) is 13.1. The number of fused-ring (bicyclic) bond motifs is 1. The van der Waals surface area contributed by atoms with Crippen molar-refractivity contribution in [3.63, 3.8) is 0 Å². The van der Waals surface area contributed by atoms with E-state index in [1.54, 1.807) is 10.9 Å². The van der Waals surface area contributed by atoms with Gasteiger partial charge in [-0.25, -0.2) is 4.68 Å². The van der Waals surface area contributed by atoms with Crippen molar-refractivity contribution in [1.29, 1.82) is 0 Å². The smallest absolute Gasteiger partial charge is 0.252 e. The van der Waals surface area contributed by atoms with Crippen molar-refractivity contribution in [3.05, 3.63) is 111 Å². The van der Waals surface area contributed by atoms with Crippen LogP contribution in [-0.2, 0) is 19.5 Å². The Morgan fingerprint density at radius 2 is 1.92 bits per heavy atom. The molecule has 0 amide bonds. The molecule has 196 valence electrons. The molecule has 3 heterocycles. The van der Waals surface area contributed by atoms with Crippen LogP contribution >= 0.6 is 0 Å². The first-order chi connectivity index (χ1) is 18.4. The fraction of sp³-hybridized carbons (Fsp3) is 0.333. The van der Waals surface area contributed by atoms with Crippen LogP contribution in [0.25, 0.3) is 10.9 Å². The lowest BCUT2D eigenvalue weighted by Gasteiger charge is -2.30. The molecule has 38 heavy (non-hydrogen) atoms. The first kappa shape index (κ1) is 25.6. The highest BCUT2D eigenvalue weighted by atomic mass is 16.3. The predicted octanol–water partition coefficient (Wildman–Crippen LogP) is 5.28. The van der Waals surface area contributed by atoms with Crippen LogP contribution < -0.4 is 5.56 Å². The normalized spacial score (nSPS) is 12.4. The monoisotopic (exact) mass is 510 g/mol. The minimum Gasteiger partial charge on any atom is -0.467 e. The van der Waals surface area contributed by atoms with Crippen LogP contribution in [0.5, 0.6) is 0 Å². The summed E-state index contributed by atoms with van der Waals surface area (Å²) in [6.07, 6.45) is 3.29. The molecule has 8 heteroatoms. The molecule has 5 aromatic rings. The quantitative estimate of drug-likeness (QED) is 0.275. The third kappa shape index (κ3) is 5.60.